The number of hydrogen-bond acceptors (Lipinski definition) is 0. The van der Waals surface area contributed by atoms with Crippen LogP contribution in [0.25, 0.3) is 0 Å². The summed E-state index contributed by atoms with van der Waals surface area (Å²) in [7, 11) is 0. The maximum atomic E-state index is 4.11. The van der Waals surface area contributed by atoms with Gasteiger partial charge in [0.05, 0.1) is 0 Å². The van der Waals surface area contributed by atoms with Crippen LogP contribution in [-0.2, 0) is 0 Å². The molecule has 0 aliphatic carbocycles. The van der Waals surface area contributed by atoms with E-state index < -0.39 is 0 Å². The summed E-state index contributed by atoms with van der Waals surface area (Å²) < 4.78 is 0. The van der Waals surface area contributed by atoms with Crippen LogP contribution in [0.3, 0.4) is 0 Å². The summed E-state index contributed by atoms with van der Waals surface area (Å²) >= 11 is 0. The van der Waals surface area contributed by atoms with Crippen molar-refractivity contribution in [3.63, 3.8) is 0 Å². The standard InChI is InChI=1S/C16H32/c1-11(2)14(6)13(5)10-16(8,9)15(7)12(3)4/h11,13-15H,3,10H2,1-2,4-9H3. The summed E-state index contributed by atoms with van der Waals surface area (Å²) in [6.07, 6.45) is 1.29. The van der Waals surface area contributed by atoms with Crippen LogP contribution in [0.4, 0.5) is 0 Å². The second-order valence-electron chi connectivity index (χ2n) is 6.84. The normalized spacial score (nSPS) is 18.3. The van der Waals surface area contributed by atoms with Gasteiger partial charge in [0, 0.05) is 0 Å². The van der Waals surface area contributed by atoms with E-state index in [4.69, 9.17) is 0 Å². The first-order chi connectivity index (χ1) is 7.09. The minimum atomic E-state index is 0.369. The van der Waals surface area contributed by atoms with E-state index in [1.807, 2.05) is 0 Å². The maximum absolute atomic E-state index is 4.11. The Hall–Kier alpha value is -0.260. The van der Waals surface area contributed by atoms with Gasteiger partial charge in [0.1, 0.15) is 0 Å². The van der Waals surface area contributed by atoms with Crippen molar-refractivity contribution in [1.82, 2.24) is 0 Å². The Morgan fingerprint density at radius 3 is 1.81 bits per heavy atom. The highest BCUT2D eigenvalue weighted by Gasteiger charge is 2.30. The molecular weight excluding hydrogens is 192 g/mol. The van der Waals surface area contributed by atoms with Crippen LogP contribution in [-0.4, -0.2) is 0 Å². The van der Waals surface area contributed by atoms with Crippen molar-refractivity contribution in [2.45, 2.75) is 61.8 Å². The fraction of sp³-hybridized carbons (Fsp3) is 0.875. The molecule has 0 aromatic carbocycles. The van der Waals surface area contributed by atoms with Gasteiger partial charge in [-0.15, -0.1) is 0 Å². The zero-order valence-corrected chi connectivity index (χ0v) is 12.7. The monoisotopic (exact) mass is 224 g/mol. The van der Waals surface area contributed by atoms with Crippen LogP contribution in [0, 0.1) is 29.1 Å². The molecule has 16 heavy (non-hydrogen) atoms. The van der Waals surface area contributed by atoms with E-state index in [-0.39, 0.29) is 0 Å². The second-order valence-corrected chi connectivity index (χ2v) is 6.84. The Morgan fingerprint density at radius 2 is 1.50 bits per heavy atom. The Balaban J connectivity index is 4.52. The highest BCUT2D eigenvalue weighted by atomic mass is 14.4. The quantitative estimate of drug-likeness (QED) is 0.519. The van der Waals surface area contributed by atoms with E-state index in [0.29, 0.717) is 11.3 Å². The minimum absolute atomic E-state index is 0.369. The fourth-order valence-electron chi connectivity index (χ4n) is 2.52. The Labute approximate surface area is 104 Å². The molecule has 0 spiro atoms. The highest BCUT2D eigenvalue weighted by molar-refractivity contribution is 5.00. The first kappa shape index (κ1) is 15.7. The molecule has 0 rings (SSSR count). The van der Waals surface area contributed by atoms with Crippen molar-refractivity contribution in [3.05, 3.63) is 12.2 Å². The average molecular weight is 224 g/mol. The first-order valence-corrected chi connectivity index (χ1v) is 6.75. The van der Waals surface area contributed by atoms with Crippen LogP contribution in [0.5, 0.6) is 0 Å². The topological polar surface area (TPSA) is 0 Å². The lowest BCUT2D eigenvalue weighted by Gasteiger charge is -2.37. The molecule has 3 atom stereocenters. The van der Waals surface area contributed by atoms with Gasteiger partial charge in [-0.1, -0.05) is 60.6 Å². The molecule has 0 heterocycles. The molecule has 0 amide bonds. The van der Waals surface area contributed by atoms with E-state index >= 15 is 0 Å². The third-order valence-corrected chi connectivity index (χ3v) is 4.71. The first-order valence-electron chi connectivity index (χ1n) is 6.75. The second kappa shape index (κ2) is 5.89. The molecule has 0 aromatic rings. The smallest absolute Gasteiger partial charge is 0.0186 e. The van der Waals surface area contributed by atoms with Crippen LogP contribution in [0.15, 0.2) is 12.2 Å². The number of allylic oxidation sites excluding steroid dienone is 1. The van der Waals surface area contributed by atoms with Gasteiger partial charge < -0.3 is 0 Å². The van der Waals surface area contributed by atoms with Gasteiger partial charge in [0.25, 0.3) is 0 Å². The predicted octanol–water partition coefficient (Wildman–Crippen LogP) is 5.54. The van der Waals surface area contributed by atoms with Crippen molar-refractivity contribution in [3.8, 4) is 0 Å². The molecule has 0 aliphatic rings. The summed E-state index contributed by atoms with van der Waals surface area (Å²) in [6.45, 7) is 22.8. The van der Waals surface area contributed by atoms with Crippen LogP contribution in [0.1, 0.15) is 61.8 Å². The van der Waals surface area contributed by atoms with Gasteiger partial charge in [-0.05, 0) is 42.4 Å². The predicted molar refractivity (Wildman–Crippen MR) is 75.5 cm³/mol. The third-order valence-electron chi connectivity index (χ3n) is 4.71. The molecule has 0 bridgehead atoms. The Bertz CT molecular complexity index is 222. The summed E-state index contributed by atoms with van der Waals surface area (Å²) in [6, 6.07) is 0. The van der Waals surface area contributed by atoms with Crippen molar-refractivity contribution in [2.75, 3.05) is 0 Å². The average Bonchev–Trinajstić information content (AvgIpc) is 2.14. The molecule has 0 fully saturated rings. The molecule has 0 nitrogen and oxygen atoms in total. The van der Waals surface area contributed by atoms with Gasteiger partial charge in [-0.3, -0.25) is 0 Å². The van der Waals surface area contributed by atoms with E-state index in [1.54, 1.807) is 0 Å². The molecular formula is C16H32. The highest BCUT2D eigenvalue weighted by Crippen LogP contribution is 2.40. The Kier molecular flexibility index (Phi) is 5.79. The third kappa shape index (κ3) is 4.31. The molecule has 0 heteroatoms. The lowest BCUT2D eigenvalue weighted by Crippen LogP contribution is -2.28. The van der Waals surface area contributed by atoms with Crippen LogP contribution < -0.4 is 0 Å². The fourth-order valence-corrected chi connectivity index (χ4v) is 2.52. The summed E-state index contributed by atoms with van der Waals surface area (Å²) in [5, 5.41) is 0. The zero-order chi connectivity index (χ0) is 13.1. The molecule has 0 saturated heterocycles. The van der Waals surface area contributed by atoms with Crippen molar-refractivity contribution >= 4 is 0 Å². The summed E-state index contributed by atoms with van der Waals surface area (Å²) in [5.74, 6) is 2.98. The van der Waals surface area contributed by atoms with Gasteiger partial charge in [-0.25, -0.2) is 0 Å². The van der Waals surface area contributed by atoms with Gasteiger partial charge >= 0.3 is 0 Å². The van der Waals surface area contributed by atoms with E-state index in [0.717, 1.165) is 17.8 Å². The Morgan fingerprint density at radius 1 is 1.06 bits per heavy atom. The van der Waals surface area contributed by atoms with Crippen molar-refractivity contribution in [2.24, 2.45) is 29.1 Å². The number of rotatable bonds is 6. The molecule has 0 saturated carbocycles. The molecule has 0 aromatic heterocycles. The largest absolute Gasteiger partial charge is 0.0999 e. The van der Waals surface area contributed by atoms with Crippen molar-refractivity contribution < 1.29 is 0 Å². The van der Waals surface area contributed by atoms with Gasteiger partial charge in [0.15, 0.2) is 0 Å². The van der Waals surface area contributed by atoms with E-state index in [2.05, 4.69) is 62.0 Å². The van der Waals surface area contributed by atoms with Crippen molar-refractivity contribution in [1.29, 1.82) is 0 Å². The maximum Gasteiger partial charge on any atom is -0.0186 e. The molecule has 0 N–H and O–H groups in total. The van der Waals surface area contributed by atoms with Crippen LogP contribution >= 0.6 is 0 Å². The number of hydrogen-bond donors (Lipinski definition) is 0. The summed E-state index contributed by atoms with van der Waals surface area (Å²) in [4.78, 5) is 0. The molecule has 0 aliphatic heterocycles. The SMILES string of the molecule is C=C(C)C(C)C(C)(C)CC(C)C(C)C(C)C. The van der Waals surface area contributed by atoms with Gasteiger partial charge in [-0.2, -0.15) is 0 Å². The van der Waals surface area contributed by atoms with Gasteiger partial charge in [0.2, 0.25) is 0 Å². The molecule has 3 unspecified atom stereocenters. The summed E-state index contributed by atoms with van der Waals surface area (Å²) in [5.41, 5.74) is 1.68. The van der Waals surface area contributed by atoms with Crippen LogP contribution in [0.2, 0.25) is 0 Å². The zero-order valence-electron chi connectivity index (χ0n) is 12.7. The molecule has 0 radical (unpaired) electrons. The lowest BCUT2D eigenvalue weighted by atomic mass is 9.68. The van der Waals surface area contributed by atoms with E-state index in [9.17, 15) is 0 Å². The minimum Gasteiger partial charge on any atom is -0.0999 e. The lowest BCUT2D eigenvalue weighted by molar-refractivity contribution is 0.158. The van der Waals surface area contributed by atoms with E-state index in [1.165, 1.54) is 12.0 Å². The molecule has 96 valence electrons.